The topological polar surface area (TPSA) is 18.5 Å². The minimum Gasteiger partial charge on any atom is -0.305 e. The molecule has 2 fully saturated rings. The molecule has 2 saturated heterocycles. The second-order valence-corrected chi connectivity index (χ2v) is 5.87. The van der Waals surface area contributed by atoms with Gasteiger partial charge in [-0.1, -0.05) is 59.5 Å². The van der Waals surface area contributed by atoms with Crippen LogP contribution in [0.1, 0.15) is 40.0 Å². The van der Waals surface area contributed by atoms with E-state index in [-0.39, 0.29) is 12.2 Å². The Morgan fingerprint density at radius 3 is 2.12 bits per heavy atom. The molecule has 2 heterocycles. The van der Waals surface area contributed by atoms with Crippen molar-refractivity contribution in [3.8, 4) is 0 Å². The van der Waals surface area contributed by atoms with Crippen molar-refractivity contribution in [2.75, 3.05) is 6.61 Å². The van der Waals surface area contributed by atoms with E-state index in [1.807, 2.05) is 0 Å². The molecule has 16 heavy (non-hydrogen) atoms. The van der Waals surface area contributed by atoms with Gasteiger partial charge in [-0.3, -0.25) is 4.89 Å². The van der Waals surface area contributed by atoms with Gasteiger partial charge >= 0.3 is 6.92 Å². The van der Waals surface area contributed by atoms with Gasteiger partial charge in [0.05, 0.1) is 6.61 Å². The van der Waals surface area contributed by atoms with Gasteiger partial charge in [0, 0.05) is 0 Å². The Morgan fingerprint density at radius 2 is 1.81 bits per heavy atom. The minimum absolute atomic E-state index is 0.205. The van der Waals surface area contributed by atoms with Gasteiger partial charge in [0.25, 0.3) is 0 Å². The lowest BCUT2D eigenvalue weighted by Gasteiger charge is -2.38. The van der Waals surface area contributed by atoms with E-state index >= 15 is 0 Å². The first-order chi connectivity index (χ1) is 7.55. The lowest BCUT2D eigenvalue weighted by molar-refractivity contribution is -0.242. The Kier molecular flexibility index (Phi) is 5.91. The minimum atomic E-state index is 0.205. The molecule has 0 spiro atoms. The van der Waals surface area contributed by atoms with Crippen LogP contribution in [0.25, 0.3) is 0 Å². The summed E-state index contributed by atoms with van der Waals surface area (Å²) in [6.07, 6.45) is 7.50. The summed E-state index contributed by atoms with van der Waals surface area (Å²) in [6, 6.07) is 0. The first kappa shape index (κ1) is 14.1. The fourth-order valence-electron chi connectivity index (χ4n) is 2.04. The van der Waals surface area contributed by atoms with E-state index in [1.165, 1.54) is 39.2 Å². The van der Waals surface area contributed by atoms with Gasteiger partial charge in [0.1, 0.15) is 7.28 Å². The molecule has 2 aliphatic rings. The molecule has 0 aliphatic carbocycles. The van der Waals surface area contributed by atoms with Gasteiger partial charge in [-0.15, -0.1) is 0 Å². The smallest absolute Gasteiger partial charge is 0.305 e. The standard InChI is InChI=1S/C7H15BO2.C5H11B/c1-6-5-9-10-8(4)7(6,2)3;1-2-4-6-5-3-1/h6H,5H2,1-4H3;6H,1-5H2. The monoisotopic (exact) mass is 224 g/mol. The van der Waals surface area contributed by atoms with E-state index in [4.69, 9.17) is 9.69 Å². The predicted molar refractivity (Wildman–Crippen MR) is 72.5 cm³/mol. The van der Waals surface area contributed by atoms with E-state index in [0.717, 1.165) is 6.61 Å². The van der Waals surface area contributed by atoms with Crippen molar-refractivity contribution in [1.29, 1.82) is 0 Å². The molecule has 0 bridgehead atoms. The Hall–Kier alpha value is 0.0499. The molecule has 0 amide bonds. The lowest BCUT2D eigenvalue weighted by Crippen LogP contribution is -2.40. The van der Waals surface area contributed by atoms with Gasteiger partial charge < -0.3 is 4.81 Å². The van der Waals surface area contributed by atoms with Crippen molar-refractivity contribution in [2.24, 2.45) is 5.92 Å². The van der Waals surface area contributed by atoms with Crippen LogP contribution in [-0.4, -0.2) is 20.8 Å². The average molecular weight is 224 g/mol. The highest BCUT2D eigenvalue weighted by Crippen LogP contribution is 2.40. The van der Waals surface area contributed by atoms with E-state index in [1.54, 1.807) is 0 Å². The molecular formula is C12H26B2O2. The van der Waals surface area contributed by atoms with Crippen molar-refractivity contribution in [3.05, 3.63) is 0 Å². The summed E-state index contributed by atoms with van der Waals surface area (Å²) in [5.41, 5.74) is 0. The second kappa shape index (κ2) is 6.70. The molecule has 0 saturated carbocycles. The molecular weight excluding hydrogens is 198 g/mol. The fraction of sp³-hybridized carbons (Fsp3) is 1.00. The van der Waals surface area contributed by atoms with Gasteiger partial charge in [-0.25, -0.2) is 0 Å². The van der Waals surface area contributed by atoms with Crippen LogP contribution in [0.5, 0.6) is 0 Å². The third-order valence-electron chi connectivity index (χ3n) is 4.35. The molecule has 4 heteroatoms. The highest BCUT2D eigenvalue weighted by Gasteiger charge is 2.40. The van der Waals surface area contributed by atoms with Crippen molar-refractivity contribution < 1.29 is 9.69 Å². The molecule has 2 nitrogen and oxygen atoms in total. The zero-order valence-electron chi connectivity index (χ0n) is 11.4. The van der Waals surface area contributed by atoms with E-state index < -0.39 is 0 Å². The molecule has 0 radical (unpaired) electrons. The summed E-state index contributed by atoms with van der Waals surface area (Å²) in [6.45, 7) is 9.60. The van der Waals surface area contributed by atoms with Crippen LogP contribution in [0, 0.1) is 5.92 Å². The molecule has 0 aromatic heterocycles. The highest BCUT2D eigenvalue weighted by molar-refractivity contribution is 6.53. The first-order valence-corrected chi connectivity index (χ1v) is 6.83. The number of hydrogen-bond acceptors (Lipinski definition) is 2. The maximum atomic E-state index is 5.06. The third kappa shape index (κ3) is 4.14. The van der Waals surface area contributed by atoms with E-state index in [2.05, 4.69) is 27.6 Å². The second-order valence-electron chi connectivity index (χ2n) is 5.87. The number of hydrogen-bond donors (Lipinski definition) is 0. The molecule has 0 aromatic rings. The summed E-state index contributed by atoms with van der Waals surface area (Å²) in [5, 5.41) is 0.248. The van der Waals surface area contributed by atoms with Crippen LogP contribution in [0.2, 0.25) is 24.8 Å². The maximum Gasteiger partial charge on any atom is 0.343 e. The predicted octanol–water partition coefficient (Wildman–Crippen LogP) is 3.43. The van der Waals surface area contributed by atoms with Gasteiger partial charge in [-0.05, 0) is 11.2 Å². The number of rotatable bonds is 0. The largest absolute Gasteiger partial charge is 0.343 e. The summed E-state index contributed by atoms with van der Waals surface area (Å²) >= 11 is 0. The Balaban J connectivity index is 0.000000181. The summed E-state index contributed by atoms with van der Waals surface area (Å²) < 4.78 is 0. The van der Waals surface area contributed by atoms with Crippen LogP contribution in [0.15, 0.2) is 0 Å². The molecule has 1 unspecified atom stereocenters. The van der Waals surface area contributed by atoms with Crippen LogP contribution >= 0.6 is 0 Å². The normalized spacial score (nSPS) is 28.8. The maximum absolute atomic E-state index is 5.06. The summed E-state index contributed by atoms with van der Waals surface area (Å²) in [7, 11) is 1.50. The summed E-state index contributed by atoms with van der Waals surface area (Å²) in [4.78, 5) is 9.99. The molecule has 0 aromatic carbocycles. The Labute approximate surface area is 102 Å². The fourth-order valence-corrected chi connectivity index (χ4v) is 2.04. The van der Waals surface area contributed by atoms with Gasteiger partial charge in [0.15, 0.2) is 0 Å². The molecule has 2 aliphatic heterocycles. The van der Waals surface area contributed by atoms with Crippen LogP contribution in [-0.2, 0) is 9.69 Å². The van der Waals surface area contributed by atoms with Crippen LogP contribution < -0.4 is 0 Å². The third-order valence-corrected chi connectivity index (χ3v) is 4.35. The molecule has 1 atom stereocenters. The zero-order chi connectivity index (χ0) is 12.0. The van der Waals surface area contributed by atoms with Crippen molar-refractivity contribution in [3.63, 3.8) is 0 Å². The van der Waals surface area contributed by atoms with Crippen LogP contribution in [0.3, 0.4) is 0 Å². The van der Waals surface area contributed by atoms with Gasteiger partial charge in [-0.2, -0.15) is 0 Å². The molecule has 2 rings (SSSR count). The first-order valence-electron chi connectivity index (χ1n) is 6.83. The SMILES string of the molecule is B1CCCCC1.CB1OOCC(C)C1(C)C. The van der Waals surface area contributed by atoms with E-state index in [9.17, 15) is 0 Å². The Bertz CT molecular complexity index is 170. The van der Waals surface area contributed by atoms with Gasteiger partial charge in [0.2, 0.25) is 0 Å². The van der Waals surface area contributed by atoms with Crippen molar-refractivity contribution in [2.45, 2.75) is 64.8 Å². The summed E-state index contributed by atoms with van der Waals surface area (Å²) in [5.74, 6) is 0.580. The van der Waals surface area contributed by atoms with E-state index in [0.29, 0.717) is 5.92 Å². The molecule has 92 valence electrons. The Morgan fingerprint density at radius 1 is 1.19 bits per heavy atom. The highest BCUT2D eigenvalue weighted by atomic mass is 17.2. The molecule has 0 N–H and O–H groups in total. The average Bonchev–Trinajstić information content (AvgIpc) is 2.30. The lowest BCUT2D eigenvalue weighted by atomic mass is 9.44. The quantitative estimate of drug-likeness (QED) is 0.463. The van der Waals surface area contributed by atoms with Crippen molar-refractivity contribution >= 4 is 14.2 Å². The van der Waals surface area contributed by atoms with Crippen LogP contribution in [0.4, 0.5) is 0 Å². The zero-order valence-corrected chi connectivity index (χ0v) is 11.4. The van der Waals surface area contributed by atoms with Crippen molar-refractivity contribution in [1.82, 2.24) is 0 Å².